The van der Waals surface area contributed by atoms with Gasteiger partial charge in [0.15, 0.2) is 0 Å². The molecule has 0 unspecified atom stereocenters. The SMILES string of the molecule is c1cc(CCNCCN2CCCC2)ccc1CCNCCN1CCCC1. The second-order valence-electron chi connectivity index (χ2n) is 7.91. The molecule has 0 aliphatic carbocycles. The predicted molar refractivity (Wildman–Crippen MR) is 111 cm³/mol. The minimum Gasteiger partial charge on any atom is -0.315 e. The molecule has 0 bridgehead atoms. The summed E-state index contributed by atoms with van der Waals surface area (Å²) in [6.45, 7) is 12.1. The zero-order valence-corrected chi connectivity index (χ0v) is 16.5. The Morgan fingerprint density at radius 1 is 0.577 bits per heavy atom. The summed E-state index contributed by atoms with van der Waals surface area (Å²) in [5.41, 5.74) is 2.90. The molecule has 1 aromatic rings. The predicted octanol–water partition coefficient (Wildman–Crippen LogP) is 2.14. The Hall–Kier alpha value is -0.940. The topological polar surface area (TPSA) is 30.5 Å². The average Bonchev–Trinajstić information content (AvgIpc) is 3.36. The monoisotopic (exact) mass is 358 g/mol. The van der Waals surface area contributed by atoms with E-state index in [1.54, 1.807) is 0 Å². The van der Waals surface area contributed by atoms with Crippen molar-refractivity contribution in [1.82, 2.24) is 20.4 Å². The molecule has 2 aliphatic heterocycles. The van der Waals surface area contributed by atoms with Crippen molar-refractivity contribution >= 4 is 0 Å². The number of benzene rings is 1. The van der Waals surface area contributed by atoms with Gasteiger partial charge in [0.2, 0.25) is 0 Å². The molecule has 4 nitrogen and oxygen atoms in total. The molecular weight excluding hydrogens is 320 g/mol. The first-order chi connectivity index (χ1) is 12.9. The van der Waals surface area contributed by atoms with Crippen molar-refractivity contribution in [2.45, 2.75) is 38.5 Å². The maximum absolute atomic E-state index is 3.59. The normalized spacial score (nSPS) is 18.8. The minimum absolute atomic E-state index is 1.09. The molecule has 0 aromatic heterocycles. The van der Waals surface area contributed by atoms with Crippen LogP contribution >= 0.6 is 0 Å². The van der Waals surface area contributed by atoms with Crippen LogP contribution in [0.15, 0.2) is 24.3 Å². The van der Waals surface area contributed by atoms with Crippen LogP contribution in [0.1, 0.15) is 36.8 Å². The number of nitrogens with zero attached hydrogens (tertiary/aromatic N) is 2. The number of nitrogens with one attached hydrogen (secondary N) is 2. The fourth-order valence-electron chi connectivity index (χ4n) is 4.07. The average molecular weight is 359 g/mol. The standard InChI is InChI=1S/C22H38N4/c1-2-16-25(15-1)19-13-23-11-9-21-5-7-22(8-6-21)10-12-24-14-20-26-17-3-4-18-26/h5-8,23-24H,1-4,9-20H2. The van der Waals surface area contributed by atoms with Crippen LogP contribution in [0.25, 0.3) is 0 Å². The molecule has 2 aliphatic rings. The third-order valence-corrected chi connectivity index (χ3v) is 5.81. The Bertz CT molecular complexity index is 430. The van der Waals surface area contributed by atoms with E-state index in [1.807, 2.05) is 0 Å². The third kappa shape index (κ3) is 7.36. The molecule has 0 saturated carbocycles. The Balaban J connectivity index is 1.20. The van der Waals surface area contributed by atoms with E-state index in [1.165, 1.54) is 76.1 Å². The Labute approximate surface area is 160 Å². The summed E-state index contributed by atoms with van der Waals surface area (Å²) in [7, 11) is 0. The molecule has 2 saturated heterocycles. The van der Waals surface area contributed by atoms with E-state index in [9.17, 15) is 0 Å². The lowest BCUT2D eigenvalue weighted by Gasteiger charge is -2.15. The fourth-order valence-corrected chi connectivity index (χ4v) is 4.07. The van der Waals surface area contributed by atoms with Crippen molar-refractivity contribution in [3.8, 4) is 0 Å². The quantitative estimate of drug-likeness (QED) is 0.561. The Kier molecular flexibility index (Phi) is 8.92. The van der Waals surface area contributed by atoms with Gasteiger partial charge in [0.25, 0.3) is 0 Å². The first-order valence-corrected chi connectivity index (χ1v) is 10.8. The number of likely N-dealkylation sites (tertiary alicyclic amines) is 2. The van der Waals surface area contributed by atoms with Crippen molar-refractivity contribution in [2.75, 3.05) is 65.4 Å². The highest BCUT2D eigenvalue weighted by molar-refractivity contribution is 5.23. The van der Waals surface area contributed by atoms with Gasteiger partial charge in [0.05, 0.1) is 0 Å². The molecule has 146 valence electrons. The second kappa shape index (κ2) is 11.7. The van der Waals surface area contributed by atoms with Crippen LogP contribution < -0.4 is 10.6 Å². The lowest BCUT2D eigenvalue weighted by atomic mass is 10.1. The van der Waals surface area contributed by atoms with Gasteiger partial charge in [-0.1, -0.05) is 24.3 Å². The van der Waals surface area contributed by atoms with E-state index < -0.39 is 0 Å². The zero-order chi connectivity index (χ0) is 17.9. The number of hydrogen-bond donors (Lipinski definition) is 2. The van der Waals surface area contributed by atoms with Gasteiger partial charge in [-0.25, -0.2) is 0 Å². The van der Waals surface area contributed by atoms with Crippen LogP contribution in [0.3, 0.4) is 0 Å². The number of rotatable bonds is 12. The largest absolute Gasteiger partial charge is 0.315 e. The van der Waals surface area contributed by atoms with Crippen LogP contribution in [-0.2, 0) is 12.8 Å². The first kappa shape index (κ1) is 19.8. The molecule has 0 radical (unpaired) electrons. The van der Waals surface area contributed by atoms with Crippen LogP contribution in [0.2, 0.25) is 0 Å². The van der Waals surface area contributed by atoms with Gasteiger partial charge in [-0.05, 0) is 88.9 Å². The summed E-state index contributed by atoms with van der Waals surface area (Å²) < 4.78 is 0. The van der Waals surface area contributed by atoms with Crippen molar-refractivity contribution in [3.05, 3.63) is 35.4 Å². The molecule has 2 fully saturated rings. The van der Waals surface area contributed by atoms with Gasteiger partial charge in [-0.15, -0.1) is 0 Å². The Morgan fingerprint density at radius 3 is 1.35 bits per heavy atom. The lowest BCUT2D eigenvalue weighted by molar-refractivity contribution is 0.336. The minimum atomic E-state index is 1.09. The van der Waals surface area contributed by atoms with Crippen molar-refractivity contribution in [3.63, 3.8) is 0 Å². The zero-order valence-electron chi connectivity index (χ0n) is 16.5. The summed E-state index contributed by atoms with van der Waals surface area (Å²) in [5.74, 6) is 0. The van der Waals surface area contributed by atoms with Gasteiger partial charge in [-0.2, -0.15) is 0 Å². The van der Waals surface area contributed by atoms with Crippen molar-refractivity contribution in [1.29, 1.82) is 0 Å². The molecule has 0 amide bonds. The van der Waals surface area contributed by atoms with Gasteiger partial charge in [-0.3, -0.25) is 0 Å². The second-order valence-corrected chi connectivity index (χ2v) is 7.91. The van der Waals surface area contributed by atoms with Crippen molar-refractivity contribution in [2.24, 2.45) is 0 Å². The molecule has 1 aromatic carbocycles. The summed E-state index contributed by atoms with van der Waals surface area (Å²) in [6.07, 6.45) is 7.82. The highest BCUT2D eigenvalue weighted by Crippen LogP contribution is 2.07. The molecule has 0 spiro atoms. The van der Waals surface area contributed by atoms with Crippen LogP contribution in [0, 0.1) is 0 Å². The summed E-state index contributed by atoms with van der Waals surface area (Å²) >= 11 is 0. The molecule has 4 heteroatoms. The van der Waals surface area contributed by atoms with Crippen LogP contribution in [0.5, 0.6) is 0 Å². The molecular formula is C22H38N4. The highest BCUT2D eigenvalue weighted by atomic mass is 15.2. The van der Waals surface area contributed by atoms with E-state index in [0.717, 1.165) is 39.0 Å². The maximum Gasteiger partial charge on any atom is 0.0107 e. The maximum atomic E-state index is 3.59. The van der Waals surface area contributed by atoms with E-state index in [4.69, 9.17) is 0 Å². The summed E-state index contributed by atoms with van der Waals surface area (Å²) in [5, 5.41) is 7.18. The number of hydrogen-bond acceptors (Lipinski definition) is 4. The van der Waals surface area contributed by atoms with Crippen LogP contribution in [0.4, 0.5) is 0 Å². The van der Waals surface area contributed by atoms with Crippen LogP contribution in [-0.4, -0.2) is 75.2 Å². The van der Waals surface area contributed by atoms with Gasteiger partial charge in [0, 0.05) is 26.2 Å². The molecule has 3 rings (SSSR count). The summed E-state index contributed by atoms with van der Waals surface area (Å²) in [4.78, 5) is 5.14. The van der Waals surface area contributed by atoms with E-state index >= 15 is 0 Å². The van der Waals surface area contributed by atoms with Crippen molar-refractivity contribution < 1.29 is 0 Å². The highest BCUT2D eigenvalue weighted by Gasteiger charge is 2.10. The molecule has 26 heavy (non-hydrogen) atoms. The summed E-state index contributed by atoms with van der Waals surface area (Å²) in [6, 6.07) is 9.23. The first-order valence-electron chi connectivity index (χ1n) is 10.8. The van der Waals surface area contributed by atoms with E-state index in [0.29, 0.717) is 0 Å². The third-order valence-electron chi connectivity index (χ3n) is 5.81. The van der Waals surface area contributed by atoms with Gasteiger partial charge < -0.3 is 20.4 Å². The lowest BCUT2D eigenvalue weighted by Crippen LogP contribution is -2.31. The molecule has 2 heterocycles. The van der Waals surface area contributed by atoms with Gasteiger partial charge >= 0.3 is 0 Å². The van der Waals surface area contributed by atoms with Gasteiger partial charge in [0.1, 0.15) is 0 Å². The molecule has 0 atom stereocenters. The Morgan fingerprint density at radius 2 is 0.962 bits per heavy atom. The van der Waals surface area contributed by atoms with E-state index in [-0.39, 0.29) is 0 Å². The smallest absolute Gasteiger partial charge is 0.0107 e. The van der Waals surface area contributed by atoms with E-state index in [2.05, 4.69) is 44.7 Å². The fraction of sp³-hybridized carbons (Fsp3) is 0.727. The molecule has 2 N–H and O–H groups in total.